The molecular formula is C15H20N2O. The Morgan fingerprint density at radius 1 is 1.28 bits per heavy atom. The van der Waals surface area contributed by atoms with Gasteiger partial charge < -0.3 is 15.0 Å². The number of hydrogen-bond acceptors (Lipinski definition) is 2. The van der Waals surface area contributed by atoms with E-state index in [1.54, 1.807) is 0 Å². The number of aliphatic hydroxyl groups excluding tert-OH is 1. The van der Waals surface area contributed by atoms with Crippen molar-refractivity contribution in [1.82, 2.24) is 4.57 Å². The number of aliphatic hydroxyl groups is 1. The zero-order chi connectivity index (χ0) is 13.0. The molecule has 1 heterocycles. The van der Waals surface area contributed by atoms with Crippen molar-refractivity contribution in [2.45, 2.75) is 26.8 Å². The van der Waals surface area contributed by atoms with Crippen LogP contribution in [0.15, 0.2) is 36.5 Å². The van der Waals surface area contributed by atoms with Gasteiger partial charge in [0, 0.05) is 18.4 Å². The fraction of sp³-hybridized carbons (Fsp3) is 0.333. The number of nitrogens with one attached hydrogen (secondary N) is 1. The quantitative estimate of drug-likeness (QED) is 0.848. The van der Waals surface area contributed by atoms with E-state index in [2.05, 4.69) is 48.1 Å². The van der Waals surface area contributed by atoms with Gasteiger partial charge in [0.25, 0.3) is 0 Å². The van der Waals surface area contributed by atoms with Crippen molar-refractivity contribution in [3.63, 3.8) is 0 Å². The molecule has 18 heavy (non-hydrogen) atoms. The van der Waals surface area contributed by atoms with E-state index >= 15 is 0 Å². The molecule has 0 unspecified atom stereocenters. The molecule has 1 aromatic heterocycles. The molecule has 1 aromatic carbocycles. The lowest BCUT2D eigenvalue weighted by Crippen LogP contribution is -2.05. The molecule has 3 heteroatoms. The standard InChI is InChI=1S/C15H20N2O/c1-3-13-10-15(17(11-13)8-9-18)16-14-7-5-4-6-12(14)2/h4-7,10-11,16,18H,3,8-9H2,1-2H3. The van der Waals surface area contributed by atoms with Gasteiger partial charge in [0.1, 0.15) is 5.82 Å². The number of anilines is 2. The van der Waals surface area contributed by atoms with Crippen LogP contribution in [0, 0.1) is 6.92 Å². The van der Waals surface area contributed by atoms with Crippen molar-refractivity contribution in [1.29, 1.82) is 0 Å². The van der Waals surface area contributed by atoms with Gasteiger partial charge in [0.05, 0.1) is 6.61 Å². The van der Waals surface area contributed by atoms with Crippen LogP contribution in [-0.2, 0) is 13.0 Å². The predicted molar refractivity (Wildman–Crippen MR) is 75.4 cm³/mol. The van der Waals surface area contributed by atoms with Crippen LogP contribution in [-0.4, -0.2) is 16.3 Å². The molecule has 0 atom stereocenters. The van der Waals surface area contributed by atoms with Gasteiger partial charge in [0.15, 0.2) is 0 Å². The molecule has 0 aliphatic heterocycles. The molecule has 2 N–H and O–H groups in total. The molecular weight excluding hydrogens is 224 g/mol. The van der Waals surface area contributed by atoms with Crippen LogP contribution in [0.3, 0.4) is 0 Å². The Kier molecular flexibility index (Phi) is 4.05. The highest BCUT2D eigenvalue weighted by Crippen LogP contribution is 2.22. The summed E-state index contributed by atoms with van der Waals surface area (Å²) in [4.78, 5) is 0. The second-order valence-corrected chi connectivity index (χ2v) is 4.44. The summed E-state index contributed by atoms with van der Waals surface area (Å²) in [6.07, 6.45) is 3.09. The minimum atomic E-state index is 0.153. The largest absolute Gasteiger partial charge is 0.395 e. The average molecular weight is 244 g/mol. The summed E-state index contributed by atoms with van der Waals surface area (Å²) in [5, 5.41) is 12.5. The Labute approximate surface area is 108 Å². The third-order valence-electron chi connectivity index (χ3n) is 3.11. The first-order valence-electron chi connectivity index (χ1n) is 6.37. The fourth-order valence-electron chi connectivity index (χ4n) is 2.01. The third-order valence-corrected chi connectivity index (χ3v) is 3.11. The van der Waals surface area contributed by atoms with E-state index in [4.69, 9.17) is 5.11 Å². The molecule has 0 aliphatic rings. The minimum absolute atomic E-state index is 0.153. The van der Waals surface area contributed by atoms with Gasteiger partial charge in [-0.2, -0.15) is 0 Å². The zero-order valence-corrected chi connectivity index (χ0v) is 11.0. The van der Waals surface area contributed by atoms with Crippen molar-refractivity contribution in [3.05, 3.63) is 47.7 Å². The van der Waals surface area contributed by atoms with Gasteiger partial charge in [-0.1, -0.05) is 25.1 Å². The van der Waals surface area contributed by atoms with Gasteiger partial charge in [0.2, 0.25) is 0 Å². The van der Waals surface area contributed by atoms with Crippen LogP contribution in [0.2, 0.25) is 0 Å². The number of para-hydroxylation sites is 1. The Balaban J connectivity index is 2.27. The fourth-order valence-corrected chi connectivity index (χ4v) is 2.01. The highest BCUT2D eigenvalue weighted by atomic mass is 16.3. The van der Waals surface area contributed by atoms with Crippen molar-refractivity contribution in [3.8, 4) is 0 Å². The zero-order valence-electron chi connectivity index (χ0n) is 11.0. The lowest BCUT2D eigenvalue weighted by Gasteiger charge is -2.12. The van der Waals surface area contributed by atoms with E-state index in [1.165, 1.54) is 11.1 Å². The van der Waals surface area contributed by atoms with Crippen LogP contribution < -0.4 is 5.32 Å². The summed E-state index contributed by atoms with van der Waals surface area (Å²) < 4.78 is 2.06. The molecule has 2 aromatic rings. The summed E-state index contributed by atoms with van der Waals surface area (Å²) >= 11 is 0. The van der Waals surface area contributed by atoms with Gasteiger partial charge >= 0.3 is 0 Å². The van der Waals surface area contributed by atoms with E-state index in [0.717, 1.165) is 17.9 Å². The van der Waals surface area contributed by atoms with E-state index in [-0.39, 0.29) is 6.61 Å². The number of aryl methyl sites for hydroxylation is 2. The summed E-state index contributed by atoms with van der Waals surface area (Å²) in [7, 11) is 0. The van der Waals surface area contributed by atoms with E-state index < -0.39 is 0 Å². The number of rotatable bonds is 5. The Morgan fingerprint density at radius 3 is 2.72 bits per heavy atom. The van der Waals surface area contributed by atoms with Crippen molar-refractivity contribution >= 4 is 11.5 Å². The molecule has 0 spiro atoms. The lowest BCUT2D eigenvalue weighted by atomic mass is 10.2. The van der Waals surface area contributed by atoms with Crippen LogP contribution in [0.5, 0.6) is 0 Å². The normalized spacial score (nSPS) is 10.6. The molecule has 0 saturated carbocycles. The second-order valence-electron chi connectivity index (χ2n) is 4.44. The molecule has 3 nitrogen and oxygen atoms in total. The highest BCUT2D eigenvalue weighted by Gasteiger charge is 2.06. The van der Waals surface area contributed by atoms with Crippen LogP contribution in [0.25, 0.3) is 0 Å². The molecule has 96 valence electrons. The maximum atomic E-state index is 9.10. The first-order valence-corrected chi connectivity index (χ1v) is 6.37. The maximum Gasteiger partial charge on any atom is 0.110 e. The minimum Gasteiger partial charge on any atom is -0.395 e. The van der Waals surface area contributed by atoms with Crippen LogP contribution >= 0.6 is 0 Å². The lowest BCUT2D eigenvalue weighted by molar-refractivity contribution is 0.277. The summed E-state index contributed by atoms with van der Waals surface area (Å²) in [5.41, 5.74) is 3.60. The summed E-state index contributed by atoms with van der Waals surface area (Å²) in [6, 6.07) is 10.3. The number of hydrogen-bond donors (Lipinski definition) is 2. The molecule has 0 bridgehead atoms. The predicted octanol–water partition coefficient (Wildman–Crippen LogP) is 3.09. The molecule has 2 rings (SSSR count). The first kappa shape index (κ1) is 12.7. The molecule has 0 amide bonds. The van der Waals surface area contributed by atoms with Crippen molar-refractivity contribution in [2.24, 2.45) is 0 Å². The van der Waals surface area contributed by atoms with Gasteiger partial charge in [-0.15, -0.1) is 0 Å². The molecule has 0 radical (unpaired) electrons. The van der Waals surface area contributed by atoms with Crippen molar-refractivity contribution < 1.29 is 5.11 Å². The van der Waals surface area contributed by atoms with Crippen LogP contribution in [0.1, 0.15) is 18.1 Å². The molecule has 0 saturated heterocycles. The van der Waals surface area contributed by atoms with Crippen molar-refractivity contribution in [2.75, 3.05) is 11.9 Å². The number of aromatic nitrogens is 1. The smallest absolute Gasteiger partial charge is 0.110 e. The topological polar surface area (TPSA) is 37.2 Å². The summed E-state index contributed by atoms with van der Waals surface area (Å²) in [5.74, 6) is 1.04. The number of nitrogens with zero attached hydrogens (tertiary/aromatic N) is 1. The van der Waals surface area contributed by atoms with Gasteiger partial charge in [-0.05, 0) is 36.6 Å². The average Bonchev–Trinajstić information content (AvgIpc) is 2.75. The summed E-state index contributed by atoms with van der Waals surface area (Å²) in [6.45, 7) is 4.99. The Hall–Kier alpha value is -1.74. The monoisotopic (exact) mass is 244 g/mol. The second kappa shape index (κ2) is 5.74. The number of benzene rings is 1. The molecule has 0 fully saturated rings. The van der Waals surface area contributed by atoms with Gasteiger partial charge in [-0.25, -0.2) is 0 Å². The SMILES string of the molecule is CCc1cc(Nc2ccccc2C)n(CCO)c1. The highest BCUT2D eigenvalue weighted by molar-refractivity contribution is 5.61. The molecule has 0 aliphatic carbocycles. The first-order chi connectivity index (χ1) is 8.74. The van der Waals surface area contributed by atoms with E-state index in [0.29, 0.717) is 6.54 Å². The Morgan fingerprint density at radius 2 is 2.06 bits per heavy atom. The van der Waals surface area contributed by atoms with Crippen LogP contribution in [0.4, 0.5) is 11.5 Å². The maximum absolute atomic E-state index is 9.10. The van der Waals surface area contributed by atoms with E-state index in [1.807, 2.05) is 12.1 Å². The van der Waals surface area contributed by atoms with E-state index in [9.17, 15) is 0 Å². The third kappa shape index (κ3) is 2.74. The van der Waals surface area contributed by atoms with Gasteiger partial charge in [-0.3, -0.25) is 0 Å². The Bertz CT molecular complexity index is 517.